The number of nitrogens with zero attached hydrogens (tertiary/aromatic N) is 2. The molecule has 2 aromatic heterocycles. The number of amides is 1. The molecule has 0 saturated carbocycles. The molecule has 6 heteroatoms. The van der Waals surface area contributed by atoms with Crippen LogP contribution < -0.4 is 5.43 Å². The molecule has 1 spiro atoms. The summed E-state index contributed by atoms with van der Waals surface area (Å²) in [6, 6.07) is 2.68. The number of hydrogen-bond acceptors (Lipinski definition) is 4. The summed E-state index contributed by atoms with van der Waals surface area (Å²) in [5.41, 5.74) is 2.23. The fourth-order valence-corrected chi connectivity index (χ4v) is 4.04. The molecule has 1 amide bonds. The number of aromatic nitrogens is 2. The van der Waals surface area contributed by atoms with E-state index in [0.717, 1.165) is 25.7 Å². The molecule has 6 nitrogen and oxygen atoms in total. The molecule has 1 fully saturated rings. The van der Waals surface area contributed by atoms with Crippen LogP contribution in [-0.4, -0.2) is 34.1 Å². The van der Waals surface area contributed by atoms with E-state index in [-0.39, 0.29) is 22.5 Å². The average Bonchev–Trinajstić information content (AvgIpc) is 3.11. The molecule has 1 N–H and O–H groups in total. The highest BCUT2D eigenvalue weighted by Crippen LogP contribution is 2.43. The molecule has 1 aliphatic heterocycles. The molecule has 1 unspecified atom stereocenters. The number of nitrogens with one attached hydrogen (secondary N) is 1. The van der Waals surface area contributed by atoms with Crippen LogP contribution in [0.3, 0.4) is 0 Å². The van der Waals surface area contributed by atoms with Crippen molar-refractivity contribution < 1.29 is 9.21 Å². The zero-order chi connectivity index (χ0) is 16.0. The number of carbonyl (C=O) groups is 1. The van der Waals surface area contributed by atoms with Gasteiger partial charge in [0.05, 0.1) is 6.20 Å². The zero-order valence-corrected chi connectivity index (χ0v) is 13.1. The Hall–Kier alpha value is -2.37. The largest absolute Gasteiger partial charge is 0.456 e. The van der Waals surface area contributed by atoms with Crippen LogP contribution in [0.4, 0.5) is 0 Å². The van der Waals surface area contributed by atoms with Gasteiger partial charge in [0.1, 0.15) is 5.76 Å². The molecule has 23 heavy (non-hydrogen) atoms. The minimum absolute atomic E-state index is 0.0239. The molecular formula is C17H19N3O3. The van der Waals surface area contributed by atoms with Gasteiger partial charge in [-0.05, 0) is 38.2 Å². The first-order chi connectivity index (χ1) is 11.1. The first kappa shape index (κ1) is 14.2. The summed E-state index contributed by atoms with van der Waals surface area (Å²) >= 11 is 0. The Kier molecular flexibility index (Phi) is 3.14. The molecule has 2 aromatic rings. The topological polar surface area (TPSA) is 79.2 Å². The molecule has 3 heterocycles. The van der Waals surface area contributed by atoms with Gasteiger partial charge in [0, 0.05) is 36.3 Å². The molecule has 1 atom stereocenters. The summed E-state index contributed by atoms with van der Waals surface area (Å²) in [4.78, 5) is 26.2. The third-order valence-electron chi connectivity index (χ3n) is 5.09. The normalized spacial score (nSPS) is 23.3. The molecule has 2 aliphatic rings. The second-order valence-corrected chi connectivity index (χ2v) is 6.65. The summed E-state index contributed by atoms with van der Waals surface area (Å²) in [6.07, 6.45) is 5.94. The highest BCUT2D eigenvalue weighted by Gasteiger charge is 2.44. The highest BCUT2D eigenvalue weighted by molar-refractivity contribution is 5.91. The Morgan fingerprint density at radius 1 is 1.39 bits per heavy atom. The summed E-state index contributed by atoms with van der Waals surface area (Å²) in [6.45, 7) is 3.03. The summed E-state index contributed by atoms with van der Waals surface area (Å²) in [5, 5.41) is 7.29. The fourth-order valence-electron chi connectivity index (χ4n) is 4.04. The van der Waals surface area contributed by atoms with Gasteiger partial charge in [0.15, 0.2) is 11.2 Å². The van der Waals surface area contributed by atoms with Crippen LogP contribution in [0.15, 0.2) is 27.5 Å². The Morgan fingerprint density at radius 3 is 3.09 bits per heavy atom. The van der Waals surface area contributed by atoms with Crippen LogP contribution in [0.25, 0.3) is 0 Å². The number of H-pyrrole nitrogens is 1. The standard InChI is InChI=1S/C17H19N3O3/c1-11-7-13(21)8-14(23-11)16(22)20-6-2-4-17(10-20)5-3-12-9-18-19-15(12)17/h7-9H,2-6,10H2,1H3,(H,18,19). The van der Waals surface area contributed by atoms with E-state index in [9.17, 15) is 9.59 Å². The van der Waals surface area contributed by atoms with Gasteiger partial charge < -0.3 is 9.32 Å². The number of likely N-dealkylation sites (tertiary alicyclic amines) is 1. The quantitative estimate of drug-likeness (QED) is 0.870. The molecule has 1 saturated heterocycles. The van der Waals surface area contributed by atoms with Gasteiger partial charge >= 0.3 is 0 Å². The van der Waals surface area contributed by atoms with Gasteiger partial charge in [0.25, 0.3) is 5.91 Å². The predicted octanol–water partition coefficient (Wildman–Crippen LogP) is 1.79. The van der Waals surface area contributed by atoms with Crippen LogP contribution >= 0.6 is 0 Å². The predicted molar refractivity (Wildman–Crippen MR) is 83.4 cm³/mol. The van der Waals surface area contributed by atoms with Gasteiger partial charge in [0.2, 0.25) is 0 Å². The van der Waals surface area contributed by atoms with Crippen molar-refractivity contribution in [3.8, 4) is 0 Å². The number of rotatable bonds is 1. The van der Waals surface area contributed by atoms with Crippen LogP contribution in [0.2, 0.25) is 0 Å². The Morgan fingerprint density at radius 2 is 2.26 bits per heavy atom. The second kappa shape index (κ2) is 5.08. The Labute approximate surface area is 133 Å². The SMILES string of the molecule is Cc1cc(=O)cc(C(=O)N2CCCC3(CCc4cn[nH]c43)C2)o1. The molecule has 4 rings (SSSR count). The van der Waals surface area contributed by atoms with Crippen molar-refractivity contribution in [2.75, 3.05) is 13.1 Å². The maximum Gasteiger partial charge on any atom is 0.289 e. The van der Waals surface area contributed by atoms with Crippen LogP contribution in [0, 0.1) is 6.92 Å². The van der Waals surface area contributed by atoms with Gasteiger partial charge in [-0.15, -0.1) is 0 Å². The van der Waals surface area contributed by atoms with E-state index in [0.29, 0.717) is 18.8 Å². The van der Waals surface area contributed by atoms with E-state index < -0.39 is 0 Å². The van der Waals surface area contributed by atoms with Crippen LogP contribution in [0.5, 0.6) is 0 Å². The van der Waals surface area contributed by atoms with E-state index in [1.807, 2.05) is 11.1 Å². The Balaban J connectivity index is 1.63. The lowest BCUT2D eigenvalue weighted by atomic mass is 9.77. The lowest BCUT2D eigenvalue weighted by Crippen LogP contribution is -2.48. The average molecular weight is 313 g/mol. The van der Waals surface area contributed by atoms with Crippen molar-refractivity contribution >= 4 is 5.91 Å². The van der Waals surface area contributed by atoms with Gasteiger partial charge in [-0.1, -0.05) is 0 Å². The van der Waals surface area contributed by atoms with E-state index >= 15 is 0 Å². The Bertz CT molecular complexity index is 822. The molecule has 0 aromatic carbocycles. The molecule has 0 radical (unpaired) electrons. The van der Waals surface area contributed by atoms with Crippen molar-refractivity contribution in [3.05, 3.63) is 51.3 Å². The van der Waals surface area contributed by atoms with Crippen molar-refractivity contribution in [1.82, 2.24) is 15.1 Å². The molecule has 120 valence electrons. The molecule has 0 bridgehead atoms. The first-order valence-electron chi connectivity index (χ1n) is 8.01. The number of hydrogen-bond donors (Lipinski definition) is 1. The van der Waals surface area contributed by atoms with Crippen LogP contribution in [-0.2, 0) is 11.8 Å². The minimum atomic E-state index is -0.196. The smallest absolute Gasteiger partial charge is 0.289 e. The van der Waals surface area contributed by atoms with Crippen LogP contribution in [0.1, 0.15) is 46.8 Å². The molecular weight excluding hydrogens is 294 g/mol. The summed E-state index contributed by atoms with van der Waals surface area (Å²) in [5.74, 6) is 0.400. The molecule has 1 aliphatic carbocycles. The number of carbonyl (C=O) groups excluding carboxylic acids is 1. The lowest BCUT2D eigenvalue weighted by Gasteiger charge is -2.40. The third-order valence-corrected chi connectivity index (χ3v) is 5.09. The number of fused-ring (bicyclic) bond motifs is 2. The number of piperidine rings is 1. The highest BCUT2D eigenvalue weighted by atomic mass is 16.3. The second-order valence-electron chi connectivity index (χ2n) is 6.65. The van der Waals surface area contributed by atoms with Gasteiger partial charge in [-0.2, -0.15) is 5.10 Å². The minimum Gasteiger partial charge on any atom is -0.456 e. The van der Waals surface area contributed by atoms with Crippen molar-refractivity contribution in [2.45, 2.75) is 38.0 Å². The monoisotopic (exact) mass is 313 g/mol. The maximum atomic E-state index is 12.8. The maximum absolute atomic E-state index is 12.8. The van der Waals surface area contributed by atoms with Gasteiger partial charge in [-0.25, -0.2) is 0 Å². The van der Waals surface area contributed by atoms with Gasteiger partial charge in [-0.3, -0.25) is 14.7 Å². The zero-order valence-electron chi connectivity index (χ0n) is 13.1. The number of aryl methyl sites for hydroxylation is 2. The third kappa shape index (κ3) is 2.29. The number of aromatic amines is 1. The van der Waals surface area contributed by atoms with Crippen molar-refractivity contribution in [3.63, 3.8) is 0 Å². The fraction of sp³-hybridized carbons (Fsp3) is 0.471. The van der Waals surface area contributed by atoms with Crippen molar-refractivity contribution in [2.24, 2.45) is 0 Å². The lowest BCUT2D eigenvalue weighted by molar-refractivity contribution is 0.0597. The first-order valence-corrected chi connectivity index (χ1v) is 8.01. The summed E-state index contributed by atoms with van der Waals surface area (Å²) < 4.78 is 5.47. The summed E-state index contributed by atoms with van der Waals surface area (Å²) in [7, 11) is 0. The van der Waals surface area contributed by atoms with E-state index in [2.05, 4.69) is 10.2 Å². The van der Waals surface area contributed by atoms with E-state index in [4.69, 9.17) is 4.42 Å². The van der Waals surface area contributed by atoms with E-state index in [1.54, 1.807) is 6.92 Å². The van der Waals surface area contributed by atoms with E-state index in [1.165, 1.54) is 23.4 Å². The van der Waals surface area contributed by atoms with Crippen molar-refractivity contribution in [1.29, 1.82) is 0 Å².